The van der Waals surface area contributed by atoms with Gasteiger partial charge < -0.3 is 13.9 Å². The van der Waals surface area contributed by atoms with Gasteiger partial charge in [-0.25, -0.2) is 4.79 Å². The van der Waals surface area contributed by atoms with Crippen molar-refractivity contribution in [3.8, 4) is 5.75 Å². The minimum atomic E-state index is -0.729. The van der Waals surface area contributed by atoms with Crippen LogP contribution in [-0.2, 0) is 4.74 Å². The molecule has 7 heteroatoms. The maximum Gasteiger partial charge on any atom is 0.337 e. The molecule has 4 aromatic rings. The number of hydrogen-bond donors (Lipinski definition) is 0. The zero-order valence-electron chi connectivity index (χ0n) is 18.6. The molecule has 0 saturated heterocycles. The lowest BCUT2D eigenvalue weighted by atomic mass is 9.97. The molecule has 34 heavy (non-hydrogen) atoms. The maximum absolute atomic E-state index is 13.6. The van der Waals surface area contributed by atoms with Gasteiger partial charge in [-0.2, -0.15) is 0 Å². The van der Waals surface area contributed by atoms with E-state index in [4.69, 9.17) is 13.9 Å². The van der Waals surface area contributed by atoms with E-state index in [0.717, 1.165) is 0 Å². The van der Waals surface area contributed by atoms with Crippen LogP contribution in [0.1, 0.15) is 45.0 Å². The summed E-state index contributed by atoms with van der Waals surface area (Å²) in [4.78, 5) is 40.6. The van der Waals surface area contributed by atoms with Crippen LogP contribution < -0.4 is 15.1 Å². The molecule has 1 unspecified atom stereocenters. The fourth-order valence-electron chi connectivity index (χ4n) is 4.29. The highest BCUT2D eigenvalue weighted by atomic mass is 16.5. The van der Waals surface area contributed by atoms with Crippen LogP contribution in [0.25, 0.3) is 11.0 Å². The van der Waals surface area contributed by atoms with E-state index in [9.17, 15) is 14.4 Å². The fraction of sp³-hybridized carbons (Fsp3) is 0.148. The summed E-state index contributed by atoms with van der Waals surface area (Å²) in [6.07, 6.45) is 0. The quantitative estimate of drug-likeness (QED) is 0.405. The summed E-state index contributed by atoms with van der Waals surface area (Å²) in [6, 6.07) is 19.9. The first-order valence-electron chi connectivity index (χ1n) is 10.8. The van der Waals surface area contributed by atoms with E-state index in [2.05, 4.69) is 0 Å². The zero-order chi connectivity index (χ0) is 23.8. The second-order valence-electron chi connectivity index (χ2n) is 7.79. The van der Waals surface area contributed by atoms with Gasteiger partial charge in [0, 0.05) is 5.69 Å². The van der Waals surface area contributed by atoms with E-state index in [0.29, 0.717) is 40.1 Å². The molecule has 1 aliphatic heterocycles. The largest absolute Gasteiger partial charge is 0.494 e. The van der Waals surface area contributed by atoms with Crippen molar-refractivity contribution in [2.24, 2.45) is 0 Å². The van der Waals surface area contributed by atoms with Crippen molar-refractivity contribution in [3.05, 3.63) is 105 Å². The number of nitrogens with zero attached hydrogens (tertiary/aromatic N) is 1. The number of amides is 1. The van der Waals surface area contributed by atoms with Crippen LogP contribution in [0.4, 0.5) is 5.69 Å². The maximum atomic E-state index is 13.6. The van der Waals surface area contributed by atoms with Crippen LogP contribution in [0.3, 0.4) is 0 Å². The first-order valence-corrected chi connectivity index (χ1v) is 10.8. The van der Waals surface area contributed by atoms with Gasteiger partial charge >= 0.3 is 5.97 Å². The Morgan fingerprint density at radius 3 is 2.35 bits per heavy atom. The molecule has 1 atom stereocenters. The summed E-state index contributed by atoms with van der Waals surface area (Å²) in [5.41, 5.74) is 1.98. The second kappa shape index (κ2) is 8.51. The molecule has 0 radical (unpaired) electrons. The number of anilines is 1. The van der Waals surface area contributed by atoms with Crippen LogP contribution >= 0.6 is 0 Å². The highest BCUT2D eigenvalue weighted by Crippen LogP contribution is 2.41. The van der Waals surface area contributed by atoms with Crippen LogP contribution in [0.2, 0.25) is 0 Å². The highest BCUT2D eigenvalue weighted by Gasteiger charge is 2.43. The summed E-state index contributed by atoms with van der Waals surface area (Å²) < 4.78 is 16.3. The summed E-state index contributed by atoms with van der Waals surface area (Å²) in [6.45, 7) is 2.41. The highest BCUT2D eigenvalue weighted by molar-refractivity contribution is 6.10. The van der Waals surface area contributed by atoms with E-state index in [-0.39, 0.29) is 16.8 Å². The number of benzene rings is 3. The summed E-state index contributed by atoms with van der Waals surface area (Å²) in [7, 11) is 1.31. The lowest BCUT2D eigenvalue weighted by molar-refractivity contribution is 0.0600. The van der Waals surface area contributed by atoms with Crippen molar-refractivity contribution in [1.82, 2.24) is 0 Å². The van der Waals surface area contributed by atoms with Crippen LogP contribution in [0, 0.1) is 0 Å². The lowest BCUT2D eigenvalue weighted by Crippen LogP contribution is -2.29. The summed E-state index contributed by atoms with van der Waals surface area (Å²) in [5.74, 6) is -0.193. The van der Waals surface area contributed by atoms with Gasteiger partial charge in [0.1, 0.15) is 11.3 Å². The Labute approximate surface area is 195 Å². The van der Waals surface area contributed by atoms with Gasteiger partial charge in [-0.05, 0) is 61.0 Å². The summed E-state index contributed by atoms with van der Waals surface area (Å²) in [5, 5.41) is 0.402. The predicted molar refractivity (Wildman–Crippen MR) is 127 cm³/mol. The number of methoxy groups -OCH3 is 1. The Morgan fingerprint density at radius 2 is 1.68 bits per heavy atom. The average Bonchev–Trinajstić information content (AvgIpc) is 3.17. The van der Waals surface area contributed by atoms with Crippen LogP contribution in [-0.4, -0.2) is 25.6 Å². The SMILES string of the molecule is CCOc1ccc(N2C(=O)c3oc4ccccc4c(=O)c3C2c2ccc(C(=O)OC)cc2)cc1. The standard InChI is InChI=1S/C27H21NO6/c1-3-33-19-14-12-18(13-15-19)28-23(16-8-10-17(11-9-16)27(31)32-2)22-24(29)20-6-4-5-7-21(20)34-25(22)26(28)30/h4-15,23H,3H2,1-2H3. The molecule has 2 heterocycles. The van der Waals surface area contributed by atoms with Crippen molar-refractivity contribution >= 4 is 28.5 Å². The molecule has 0 spiro atoms. The van der Waals surface area contributed by atoms with E-state index >= 15 is 0 Å². The normalized spacial score (nSPS) is 14.8. The number of rotatable bonds is 5. The number of para-hydroxylation sites is 1. The van der Waals surface area contributed by atoms with Crippen molar-refractivity contribution in [3.63, 3.8) is 0 Å². The van der Waals surface area contributed by atoms with E-state index < -0.39 is 17.9 Å². The molecule has 170 valence electrons. The predicted octanol–water partition coefficient (Wildman–Crippen LogP) is 4.73. The first kappa shape index (κ1) is 21.5. The number of esters is 1. The Morgan fingerprint density at radius 1 is 0.971 bits per heavy atom. The monoisotopic (exact) mass is 455 g/mol. The molecule has 5 rings (SSSR count). The third kappa shape index (κ3) is 3.42. The third-order valence-corrected chi connectivity index (χ3v) is 5.85. The van der Waals surface area contributed by atoms with Gasteiger partial charge in [0.15, 0.2) is 5.43 Å². The van der Waals surface area contributed by atoms with Gasteiger partial charge in [0.25, 0.3) is 5.91 Å². The molecule has 7 nitrogen and oxygen atoms in total. The number of carbonyl (C=O) groups excluding carboxylic acids is 2. The van der Waals surface area contributed by atoms with Crippen molar-refractivity contribution < 1.29 is 23.5 Å². The summed E-state index contributed by atoms with van der Waals surface area (Å²) >= 11 is 0. The Hall–Kier alpha value is -4.39. The zero-order valence-corrected chi connectivity index (χ0v) is 18.6. The number of fused-ring (bicyclic) bond motifs is 2. The fourth-order valence-corrected chi connectivity index (χ4v) is 4.29. The Bertz CT molecular complexity index is 1450. The van der Waals surface area contributed by atoms with Gasteiger partial charge in [-0.1, -0.05) is 24.3 Å². The minimum Gasteiger partial charge on any atom is -0.494 e. The molecule has 1 amide bonds. The molecule has 1 aliphatic rings. The second-order valence-corrected chi connectivity index (χ2v) is 7.79. The molecular weight excluding hydrogens is 434 g/mol. The molecule has 0 fully saturated rings. The average molecular weight is 455 g/mol. The van der Waals surface area contributed by atoms with Crippen molar-refractivity contribution in [2.75, 3.05) is 18.6 Å². The third-order valence-electron chi connectivity index (χ3n) is 5.85. The Kier molecular flexibility index (Phi) is 5.37. The van der Waals surface area contributed by atoms with E-state index in [1.165, 1.54) is 12.0 Å². The van der Waals surface area contributed by atoms with Crippen molar-refractivity contribution in [1.29, 1.82) is 0 Å². The molecular formula is C27H21NO6. The molecule has 0 bridgehead atoms. The minimum absolute atomic E-state index is 0.0135. The molecule has 3 aromatic carbocycles. The molecule has 0 aliphatic carbocycles. The smallest absolute Gasteiger partial charge is 0.337 e. The van der Waals surface area contributed by atoms with Gasteiger partial charge in [-0.15, -0.1) is 0 Å². The number of ether oxygens (including phenoxy) is 2. The van der Waals surface area contributed by atoms with Gasteiger partial charge in [-0.3, -0.25) is 14.5 Å². The van der Waals surface area contributed by atoms with E-state index in [1.54, 1.807) is 72.8 Å². The van der Waals surface area contributed by atoms with E-state index in [1.807, 2.05) is 6.92 Å². The number of carbonyl (C=O) groups is 2. The topological polar surface area (TPSA) is 86.0 Å². The van der Waals surface area contributed by atoms with Gasteiger partial charge in [0.05, 0.1) is 36.3 Å². The van der Waals surface area contributed by atoms with Gasteiger partial charge in [0.2, 0.25) is 5.76 Å². The molecule has 1 aromatic heterocycles. The first-order chi connectivity index (χ1) is 16.5. The molecule has 0 N–H and O–H groups in total. The Balaban J connectivity index is 1.70. The molecule has 0 saturated carbocycles. The van der Waals surface area contributed by atoms with Crippen molar-refractivity contribution in [2.45, 2.75) is 13.0 Å². The number of hydrogen-bond acceptors (Lipinski definition) is 6. The van der Waals surface area contributed by atoms with Crippen LogP contribution in [0.5, 0.6) is 5.75 Å². The van der Waals surface area contributed by atoms with Crippen LogP contribution in [0.15, 0.2) is 82.0 Å². The lowest BCUT2D eigenvalue weighted by Gasteiger charge is -2.25.